The highest BCUT2D eigenvalue weighted by molar-refractivity contribution is 7.89. The maximum atomic E-state index is 13.6. The van der Waals surface area contributed by atoms with Crippen molar-refractivity contribution in [3.63, 3.8) is 0 Å². The summed E-state index contributed by atoms with van der Waals surface area (Å²) in [6, 6.07) is 20.7. The largest absolute Gasteiger partial charge is 0.456 e. The second kappa shape index (κ2) is 10.2. The van der Waals surface area contributed by atoms with Crippen LogP contribution in [0, 0.1) is 25.2 Å². The standard InChI is InChI=1S/C26H25N3O5S/c1-19-14-20(2)16-23(15-19)33-24-9-8-21(18-27)17-25(24)35(31,32)29-12-10-28(11-13-29)26(30)34-22-6-4-3-5-7-22/h3-9,14-17H,10-13H2,1-2H3. The lowest BCUT2D eigenvalue weighted by molar-refractivity contribution is 0.132. The minimum absolute atomic E-state index is 0.0870. The minimum Gasteiger partial charge on any atom is -0.456 e. The number of rotatable bonds is 5. The number of para-hydroxylation sites is 1. The van der Waals surface area contributed by atoms with Gasteiger partial charge in [0.1, 0.15) is 22.1 Å². The summed E-state index contributed by atoms with van der Waals surface area (Å²) in [6.45, 7) is 4.39. The minimum atomic E-state index is -4.00. The molecule has 180 valence electrons. The zero-order chi connectivity index (χ0) is 25.0. The number of piperazine rings is 1. The fourth-order valence-electron chi connectivity index (χ4n) is 3.89. The van der Waals surface area contributed by atoms with Crippen LogP contribution >= 0.6 is 0 Å². The number of carbonyl (C=O) groups excluding carboxylic acids is 1. The second-order valence-electron chi connectivity index (χ2n) is 8.27. The van der Waals surface area contributed by atoms with E-state index in [2.05, 4.69) is 0 Å². The average Bonchev–Trinajstić information content (AvgIpc) is 2.84. The summed E-state index contributed by atoms with van der Waals surface area (Å²) in [7, 11) is -4.00. The van der Waals surface area contributed by atoms with Gasteiger partial charge in [-0.1, -0.05) is 24.3 Å². The monoisotopic (exact) mass is 491 g/mol. The summed E-state index contributed by atoms with van der Waals surface area (Å²) in [5.74, 6) is 1.08. The Kier molecular flexibility index (Phi) is 7.05. The van der Waals surface area contributed by atoms with E-state index < -0.39 is 16.1 Å². The molecule has 0 N–H and O–H groups in total. The smallest absolute Gasteiger partial charge is 0.415 e. The van der Waals surface area contributed by atoms with E-state index in [9.17, 15) is 18.5 Å². The van der Waals surface area contributed by atoms with Gasteiger partial charge in [0.05, 0.1) is 11.6 Å². The number of aryl methyl sites for hydroxylation is 2. The number of ether oxygens (including phenoxy) is 2. The van der Waals surface area contributed by atoms with Crippen molar-refractivity contribution in [1.82, 2.24) is 9.21 Å². The van der Waals surface area contributed by atoms with Gasteiger partial charge in [-0.3, -0.25) is 0 Å². The van der Waals surface area contributed by atoms with E-state index in [1.54, 1.807) is 24.3 Å². The van der Waals surface area contributed by atoms with E-state index in [1.165, 1.54) is 27.4 Å². The van der Waals surface area contributed by atoms with E-state index in [-0.39, 0.29) is 42.4 Å². The topological polar surface area (TPSA) is 99.9 Å². The summed E-state index contributed by atoms with van der Waals surface area (Å²) in [5.41, 5.74) is 2.18. The van der Waals surface area contributed by atoms with Gasteiger partial charge in [-0.15, -0.1) is 0 Å². The summed E-state index contributed by atoms with van der Waals surface area (Å²) in [5, 5.41) is 9.35. The third-order valence-corrected chi connectivity index (χ3v) is 7.48. The molecule has 3 aromatic rings. The van der Waals surface area contributed by atoms with Crippen LogP contribution in [-0.2, 0) is 10.0 Å². The molecule has 0 aliphatic carbocycles. The van der Waals surface area contributed by atoms with E-state index in [4.69, 9.17) is 9.47 Å². The number of amides is 1. The van der Waals surface area contributed by atoms with Gasteiger partial charge in [0.25, 0.3) is 0 Å². The Morgan fingerprint density at radius 1 is 0.886 bits per heavy atom. The van der Waals surface area contributed by atoms with Crippen molar-refractivity contribution in [2.75, 3.05) is 26.2 Å². The van der Waals surface area contributed by atoms with Crippen molar-refractivity contribution < 1.29 is 22.7 Å². The predicted octanol–water partition coefficient (Wildman–Crippen LogP) is 4.47. The molecule has 0 atom stereocenters. The fourth-order valence-corrected chi connectivity index (χ4v) is 5.45. The molecule has 9 heteroatoms. The summed E-state index contributed by atoms with van der Waals surface area (Å²) in [4.78, 5) is 13.9. The molecule has 1 fully saturated rings. The molecular formula is C26H25N3O5S. The van der Waals surface area contributed by atoms with Crippen LogP contribution in [0.3, 0.4) is 0 Å². The molecule has 1 aliphatic rings. The Labute approximate surface area is 205 Å². The average molecular weight is 492 g/mol. The van der Waals surface area contributed by atoms with Gasteiger partial charge in [-0.05, 0) is 67.4 Å². The van der Waals surface area contributed by atoms with Crippen molar-refractivity contribution in [2.24, 2.45) is 0 Å². The Hall–Kier alpha value is -3.87. The molecule has 0 aromatic heterocycles. The molecule has 1 aliphatic heterocycles. The summed E-state index contributed by atoms with van der Waals surface area (Å²) < 4.78 is 39.8. The third-order valence-electron chi connectivity index (χ3n) is 5.56. The number of hydrogen-bond acceptors (Lipinski definition) is 6. The molecule has 0 unspecified atom stereocenters. The lowest BCUT2D eigenvalue weighted by Gasteiger charge is -2.33. The van der Waals surface area contributed by atoms with Crippen LogP contribution in [0.1, 0.15) is 16.7 Å². The van der Waals surface area contributed by atoms with Crippen LogP contribution in [0.25, 0.3) is 0 Å². The number of benzene rings is 3. The normalized spacial score (nSPS) is 14.3. The maximum absolute atomic E-state index is 13.6. The van der Waals surface area contributed by atoms with Crippen molar-refractivity contribution in [3.8, 4) is 23.3 Å². The van der Waals surface area contributed by atoms with E-state index in [0.717, 1.165) is 11.1 Å². The first-order chi connectivity index (χ1) is 16.8. The highest BCUT2D eigenvalue weighted by Crippen LogP contribution is 2.33. The summed E-state index contributed by atoms with van der Waals surface area (Å²) in [6.07, 6.45) is -0.529. The molecule has 1 saturated heterocycles. The van der Waals surface area contributed by atoms with E-state index in [0.29, 0.717) is 11.5 Å². The number of nitriles is 1. The summed E-state index contributed by atoms with van der Waals surface area (Å²) >= 11 is 0. The molecule has 3 aromatic carbocycles. The van der Waals surface area contributed by atoms with Crippen LogP contribution in [0.2, 0.25) is 0 Å². The number of sulfonamides is 1. The Morgan fingerprint density at radius 2 is 1.54 bits per heavy atom. The third kappa shape index (κ3) is 5.62. The van der Waals surface area contributed by atoms with E-state index >= 15 is 0 Å². The van der Waals surface area contributed by atoms with Crippen molar-refractivity contribution in [2.45, 2.75) is 18.7 Å². The van der Waals surface area contributed by atoms with Crippen LogP contribution in [-0.4, -0.2) is 49.9 Å². The van der Waals surface area contributed by atoms with Gasteiger partial charge in [-0.2, -0.15) is 9.57 Å². The number of carbonyl (C=O) groups is 1. The predicted molar refractivity (Wildman–Crippen MR) is 130 cm³/mol. The first-order valence-corrected chi connectivity index (χ1v) is 12.5. The SMILES string of the molecule is Cc1cc(C)cc(Oc2ccc(C#N)cc2S(=O)(=O)N2CCN(C(=O)Oc3ccccc3)CC2)c1. The highest BCUT2D eigenvalue weighted by Gasteiger charge is 2.33. The molecule has 1 heterocycles. The van der Waals surface area contributed by atoms with Gasteiger partial charge >= 0.3 is 6.09 Å². The van der Waals surface area contributed by atoms with Gasteiger partial charge in [0, 0.05) is 26.2 Å². The molecular weight excluding hydrogens is 466 g/mol. The zero-order valence-corrected chi connectivity index (χ0v) is 20.3. The zero-order valence-electron chi connectivity index (χ0n) is 19.5. The molecule has 4 rings (SSSR count). The van der Waals surface area contributed by atoms with Crippen molar-refractivity contribution in [3.05, 3.63) is 83.4 Å². The number of nitrogens with zero attached hydrogens (tertiary/aromatic N) is 3. The molecule has 8 nitrogen and oxygen atoms in total. The van der Waals surface area contributed by atoms with Crippen LogP contribution in [0.15, 0.2) is 71.6 Å². The molecule has 0 spiro atoms. The van der Waals surface area contributed by atoms with Gasteiger partial charge in [0.2, 0.25) is 10.0 Å². The van der Waals surface area contributed by atoms with Crippen LogP contribution in [0.5, 0.6) is 17.2 Å². The second-order valence-corrected chi connectivity index (χ2v) is 10.2. The van der Waals surface area contributed by atoms with Gasteiger partial charge in [-0.25, -0.2) is 13.2 Å². The van der Waals surface area contributed by atoms with E-state index in [1.807, 2.05) is 44.2 Å². The highest BCUT2D eigenvalue weighted by atomic mass is 32.2. The van der Waals surface area contributed by atoms with Gasteiger partial charge in [0.15, 0.2) is 0 Å². The Morgan fingerprint density at radius 3 is 2.17 bits per heavy atom. The molecule has 0 radical (unpaired) electrons. The quantitative estimate of drug-likeness (QED) is 0.522. The van der Waals surface area contributed by atoms with Crippen LogP contribution in [0.4, 0.5) is 4.79 Å². The molecule has 0 saturated carbocycles. The molecule has 0 bridgehead atoms. The maximum Gasteiger partial charge on any atom is 0.415 e. The number of hydrogen-bond donors (Lipinski definition) is 0. The van der Waals surface area contributed by atoms with Gasteiger partial charge < -0.3 is 14.4 Å². The first kappa shape index (κ1) is 24.3. The Balaban J connectivity index is 1.53. The lowest BCUT2D eigenvalue weighted by atomic mass is 10.1. The van der Waals surface area contributed by atoms with Crippen molar-refractivity contribution >= 4 is 16.1 Å². The van der Waals surface area contributed by atoms with Crippen LogP contribution < -0.4 is 9.47 Å². The fraction of sp³-hybridized carbons (Fsp3) is 0.231. The lowest BCUT2D eigenvalue weighted by Crippen LogP contribution is -2.51. The molecule has 1 amide bonds. The Bertz CT molecular complexity index is 1360. The van der Waals surface area contributed by atoms with Crippen molar-refractivity contribution in [1.29, 1.82) is 5.26 Å². The first-order valence-electron chi connectivity index (χ1n) is 11.1. The molecule has 35 heavy (non-hydrogen) atoms.